The number of likely N-dealkylation sites (tertiary alicyclic amines) is 1. The summed E-state index contributed by atoms with van der Waals surface area (Å²) in [6.07, 6.45) is 7.08. The molecular weight excluding hydrogens is 712 g/mol. The molecule has 2 N–H and O–H groups in total. The van der Waals surface area contributed by atoms with E-state index in [0.29, 0.717) is 54.6 Å². The average molecular weight is 764 g/mol. The monoisotopic (exact) mass is 763 g/mol. The maximum Gasteiger partial charge on any atom is 0.319 e. The molecule has 296 valence electrons. The van der Waals surface area contributed by atoms with Gasteiger partial charge in [-0.25, -0.2) is 13.8 Å². The van der Waals surface area contributed by atoms with Crippen molar-refractivity contribution in [3.8, 4) is 28.9 Å². The highest BCUT2D eigenvalue weighted by molar-refractivity contribution is 6.03. The number of aryl methyl sites for hydroxylation is 1. The summed E-state index contributed by atoms with van der Waals surface area (Å²) in [4.78, 5) is 18.8. The standard InChI is InChI=1S/C41H51F2N5O7/c1-6-27-29(42)11-10-24-17-26(49)18-28(31(24)27)34-33(43)35-32(37(44-34)51-3)36(47-15-16-54-22-39(2,50)21-47)46-38(45-35)55-23-40-12-7-9-30(40)48(14-8-13-40)25-19-41(20-25,52-4)53-5/h10-11,17-18,25,30,49-50H,6-9,12-16,19-23H2,1-5H3. The van der Waals surface area contributed by atoms with Crippen molar-refractivity contribution >= 4 is 27.5 Å². The number of rotatable bonds is 10. The fourth-order valence-corrected chi connectivity index (χ4v) is 9.83. The van der Waals surface area contributed by atoms with Gasteiger partial charge in [-0.1, -0.05) is 19.4 Å². The Morgan fingerprint density at radius 1 is 1.00 bits per heavy atom. The minimum Gasteiger partial charge on any atom is -0.508 e. The van der Waals surface area contributed by atoms with Crippen molar-refractivity contribution in [3.05, 3.63) is 41.5 Å². The van der Waals surface area contributed by atoms with E-state index in [4.69, 9.17) is 33.7 Å². The largest absolute Gasteiger partial charge is 0.508 e. The number of hydrogen-bond donors (Lipinski definition) is 2. The summed E-state index contributed by atoms with van der Waals surface area (Å²) in [6.45, 7) is 5.73. The van der Waals surface area contributed by atoms with Crippen molar-refractivity contribution in [2.75, 3.05) is 65.7 Å². The van der Waals surface area contributed by atoms with Crippen LogP contribution in [0.4, 0.5) is 14.6 Å². The Morgan fingerprint density at radius 3 is 2.53 bits per heavy atom. The maximum absolute atomic E-state index is 17.4. The van der Waals surface area contributed by atoms with Gasteiger partial charge in [-0.2, -0.15) is 9.97 Å². The predicted molar refractivity (Wildman–Crippen MR) is 203 cm³/mol. The van der Waals surface area contributed by atoms with Crippen LogP contribution in [0.15, 0.2) is 24.3 Å². The number of ether oxygens (including phenoxy) is 5. The summed E-state index contributed by atoms with van der Waals surface area (Å²) in [5, 5.41) is 23.2. The summed E-state index contributed by atoms with van der Waals surface area (Å²) >= 11 is 0. The number of anilines is 1. The first-order chi connectivity index (χ1) is 26.4. The third-order valence-electron chi connectivity index (χ3n) is 12.6. The van der Waals surface area contributed by atoms with Gasteiger partial charge in [0.2, 0.25) is 5.88 Å². The highest BCUT2D eigenvalue weighted by atomic mass is 19.1. The van der Waals surface area contributed by atoms with Crippen LogP contribution in [-0.4, -0.2) is 114 Å². The molecule has 0 spiro atoms. The van der Waals surface area contributed by atoms with Crippen molar-refractivity contribution in [2.45, 2.75) is 88.7 Å². The number of phenolic OH excluding ortho intramolecular Hbond substituents is 1. The van der Waals surface area contributed by atoms with Gasteiger partial charge in [0.1, 0.15) is 39.6 Å². The Balaban J connectivity index is 1.24. The Morgan fingerprint density at radius 2 is 1.78 bits per heavy atom. The molecule has 4 fully saturated rings. The minimum atomic E-state index is -1.23. The molecular formula is C41H51F2N5O7. The molecule has 8 rings (SSSR count). The Kier molecular flexibility index (Phi) is 10.0. The molecule has 0 amide bonds. The normalized spacial score (nSPS) is 25.9. The zero-order chi connectivity index (χ0) is 38.7. The van der Waals surface area contributed by atoms with E-state index in [2.05, 4.69) is 9.88 Å². The number of benzene rings is 2. The van der Waals surface area contributed by atoms with Crippen LogP contribution in [0, 0.1) is 17.0 Å². The van der Waals surface area contributed by atoms with Crippen LogP contribution in [0.2, 0.25) is 0 Å². The van der Waals surface area contributed by atoms with E-state index in [0.717, 1.165) is 51.5 Å². The van der Waals surface area contributed by atoms with Gasteiger partial charge >= 0.3 is 6.01 Å². The lowest BCUT2D eigenvalue weighted by molar-refractivity contribution is -0.277. The number of β-amino-alcohol motifs (C(OH)–C–C–N with tert-alkyl or cyclic N) is 1. The van der Waals surface area contributed by atoms with Gasteiger partial charge in [-0.05, 0) is 80.1 Å². The molecule has 2 aliphatic carbocycles. The Labute approximate surface area is 319 Å². The molecule has 2 saturated carbocycles. The maximum atomic E-state index is 17.4. The molecule has 4 aliphatic rings. The summed E-state index contributed by atoms with van der Waals surface area (Å²) < 4.78 is 62.2. The number of piperidine rings is 1. The molecule has 14 heteroatoms. The number of nitrogens with zero attached hydrogens (tertiary/aromatic N) is 5. The van der Waals surface area contributed by atoms with Crippen LogP contribution in [0.25, 0.3) is 32.9 Å². The number of aromatic nitrogens is 3. The van der Waals surface area contributed by atoms with Crippen LogP contribution >= 0.6 is 0 Å². The highest BCUT2D eigenvalue weighted by Gasteiger charge is 2.55. The first-order valence-electron chi connectivity index (χ1n) is 19.4. The lowest BCUT2D eigenvalue weighted by atomic mass is 9.72. The Bertz CT molecular complexity index is 2090. The first-order valence-corrected chi connectivity index (χ1v) is 19.4. The van der Waals surface area contributed by atoms with Crippen LogP contribution in [0.1, 0.15) is 64.4 Å². The van der Waals surface area contributed by atoms with Crippen molar-refractivity contribution in [1.29, 1.82) is 0 Å². The van der Waals surface area contributed by atoms with E-state index in [-0.39, 0.29) is 64.2 Å². The lowest BCUT2D eigenvalue weighted by Crippen LogP contribution is -2.63. The van der Waals surface area contributed by atoms with Gasteiger partial charge in [0.15, 0.2) is 11.6 Å². The van der Waals surface area contributed by atoms with Crippen molar-refractivity contribution < 1.29 is 42.7 Å². The van der Waals surface area contributed by atoms with Crippen LogP contribution in [0.3, 0.4) is 0 Å². The van der Waals surface area contributed by atoms with Gasteiger partial charge < -0.3 is 38.8 Å². The second kappa shape index (κ2) is 14.5. The number of phenols is 1. The molecule has 3 atom stereocenters. The molecule has 0 radical (unpaired) electrons. The quantitative estimate of drug-likeness (QED) is 0.180. The van der Waals surface area contributed by atoms with E-state index in [9.17, 15) is 10.2 Å². The van der Waals surface area contributed by atoms with Crippen LogP contribution < -0.4 is 14.4 Å². The third kappa shape index (κ3) is 6.63. The van der Waals surface area contributed by atoms with Crippen molar-refractivity contribution in [3.63, 3.8) is 0 Å². The van der Waals surface area contributed by atoms with Crippen molar-refractivity contribution in [2.24, 2.45) is 5.41 Å². The van der Waals surface area contributed by atoms with E-state index < -0.39 is 23.0 Å². The number of halogens is 2. The zero-order valence-electron chi connectivity index (χ0n) is 32.3. The number of aliphatic hydroxyl groups is 1. The minimum absolute atomic E-state index is 0.00922. The summed E-state index contributed by atoms with van der Waals surface area (Å²) in [5.74, 6) is -1.58. The molecule has 0 bridgehead atoms. The molecule has 4 heterocycles. The summed E-state index contributed by atoms with van der Waals surface area (Å²) in [7, 11) is 4.83. The zero-order valence-corrected chi connectivity index (χ0v) is 32.3. The fourth-order valence-electron chi connectivity index (χ4n) is 9.83. The second-order valence-corrected chi connectivity index (χ2v) is 16.1. The molecule has 55 heavy (non-hydrogen) atoms. The molecule has 2 aliphatic heterocycles. The van der Waals surface area contributed by atoms with E-state index in [1.54, 1.807) is 27.2 Å². The van der Waals surface area contributed by atoms with Crippen molar-refractivity contribution in [1.82, 2.24) is 19.9 Å². The topological polar surface area (TPSA) is 132 Å². The molecule has 2 aromatic heterocycles. The number of hydrogen-bond acceptors (Lipinski definition) is 12. The predicted octanol–water partition coefficient (Wildman–Crippen LogP) is 6.15. The molecule has 4 aromatic rings. The van der Waals surface area contributed by atoms with Crippen LogP contribution in [-0.2, 0) is 20.6 Å². The molecule has 2 aromatic carbocycles. The number of fused-ring (bicyclic) bond motifs is 3. The van der Waals surface area contributed by atoms with Crippen LogP contribution in [0.5, 0.6) is 17.6 Å². The fraction of sp³-hybridized carbons (Fsp3) is 0.585. The van der Waals surface area contributed by atoms with Gasteiger partial charge in [0.05, 0.1) is 33.5 Å². The smallest absolute Gasteiger partial charge is 0.319 e. The van der Waals surface area contributed by atoms with E-state index in [1.807, 2.05) is 11.8 Å². The highest BCUT2D eigenvalue weighted by Crippen LogP contribution is 2.52. The summed E-state index contributed by atoms with van der Waals surface area (Å²) in [6, 6.07) is 6.46. The number of aromatic hydroxyl groups is 1. The van der Waals surface area contributed by atoms with Gasteiger partial charge in [-0.15, -0.1) is 0 Å². The number of methoxy groups -OCH3 is 3. The SMILES string of the molecule is CCc1c(F)ccc2cc(O)cc(-c3nc(OC)c4c(N5CCOCC(C)(O)C5)nc(OCC56CCCC5N(C5CC(OC)(OC)C5)CCC6)nc4c3F)c12. The average Bonchev–Trinajstić information content (AvgIpc) is 3.51. The Hall–Kier alpha value is -3.95. The molecule has 3 unspecified atom stereocenters. The van der Waals surface area contributed by atoms with E-state index >= 15 is 8.78 Å². The second-order valence-electron chi connectivity index (χ2n) is 16.1. The summed E-state index contributed by atoms with van der Waals surface area (Å²) in [5.41, 5.74) is -1.07. The first kappa shape index (κ1) is 37.9. The number of pyridine rings is 1. The van der Waals surface area contributed by atoms with Gasteiger partial charge in [-0.3, -0.25) is 4.90 Å². The van der Waals surface area contributed by atoms with E-state index in [1.165, 1.54) is 25.3 Å². The van der Waals surface area contributed by atoms with Gasteiger partial charge in [0.25, 0.3) is 0 Å². The molecule has 2 saturated heterocycles. The third-order valence-corrected chi connectivity index (χ3v) is 12.6. The lowest BCUT2D eigenvalue weighted by Gasteiger charge is -2.56. The van der Waals surface area contributed by atoms with Gasteiger partial charge in [0, 0.05) is 56.7 Å². The molecule has 12 nitrogen and oxygen atoms in total.